The maximum absolute atomic E-state index is 13.5. The number of anilines is 1. The minimum absolute atomic E-state index is 0.101. The van der Waals surface area contributed by atoms with E-state index < -0.39 is 0 Å². The Labute approximate surface area is 221 Å². The standard InChI is InChI=1S/C30H29N5O3/c1-20-23(18-31-32(20)2)19-35-29(37)25-11-6-12-26(28(25)30(35)38)33-13-15-34(16-14-33)27(36)17-22-9-5-8-21-7-3-4-10-24(21)22/h3-12,18H,13-17,19H2,1-2H3. The summed E-state index contributed by atoms with van der Waals surface area (Å²) in [6, 6.07) is 19.6. The van der Waals surface area contributed by atoms with Gasteiger partial charge in [-0.2, -0.15) is 5.10 Å². The van der Waals surface area contributed by atoms with Crippen molar-refractivity contribution in [1.82, 2.24) is 19.6 Å². The minimum Gasteiger partial charge on any atom is -0.367 e. The normalized spacial score (nSPS) is 15.5. The highest BCUT2D eigenvalue weighted by molar-refractivity contribution is 6.23. The first-order valence-corrected chi connectivity index (χ1v) is 12.9. The molecule has 1 aromatic heterocycles. The van der Waals surface area contributed by atoms with E-state index in [4.69, 9.17) is 0 Å². The SMILES string of the molecule is Cc1c(CN2C(=O)c3cccc(N4CCN(C(=O)Cc5cccc6ccccc56)CC4)c3C2=O)cnn1C. The molecule has 3 heterocycles. The van der Waals surface area contributed by atoms with Crippen LogP contribution in [-0.2, 0) is 24.8 Å². The van der Waals surface area contributed by atoms with Gasteiger partial charge in [0.2, 0.25) is 5.91 Å². The Morgan fingerprint density at radius 3 is 2.37 bits per heavy atom. The lowest BCUT2D eigenvalue weighted by Gasteiger charge is -2.37. The summed E-state index contributed by atoms with van der Waals surface area (Å²) >= 11 is 0. The minimum atomic E-state index is -0.279. The maximum Gasteiger partial charge on any atom is 0.263 e. The quantitative estimate of drug-likeness (QED) is 0.386. The van der Waals surface area contributed by atoms with Crippen LogP contribution in [0.4, 0.5) is 5.69 Å². The Morgan fingerprint density at radius 2 is 1.61 bits per heavy atom. The van der Waals surface area contributed by atoms with E-state index in [1.807, 2.05) is 55.3 Å². The van der Waals surface area contributed by atoms with Gasteiger partial charge in [-0.25, -0.2) is 0 Å². The molecule has 0 bridgehead atoms. The van der Waals surface area contributed by atoms with E-state index in [-0.39, 0.29) is 24.3 Å². The van der Waals surface area contributed by atoms with Crippen molar-refractivity contribution in [3.8, 4) is 0 Å². The number of amides is 3. The van der Waals surface area contributed by atoms with Crippen LogP contribution in [0.1, 0.15) is 37.5 Å². The molecule has 0 aliphatic carbocycles. The summed E-state index contributed by atoms with van der Waals surface area (Å²) in [5, 5.41) is 6.48. The van der Waals surface area contributed by atoms with Crippen LogP contribution in [0, 0.1) is 6.92 Å². The number of aromatic nitrogens is 2. The first-order chi connectivity index (χ1) is 18.4. The molecule has 0 unspecified atom stereocenters. The van der Waals surface area contributed by atoms with Gasteiger partial charge in [-0.15, -0.1) is 0 Å². The van der Waals surface area contributed by atoms with E-state index in [9.17, 15) is 14.4 Å². The lowest BCUT2D eigenvalue weighted by molar-refractivity contribution is -0.130. The summed E-state index contributed by atoms with van der Waals surface area (Å²) in [5.74, 6) is -0.458. The molecule has 4 aromatic rings. The second-order valence-electron chi connectivity index (χ2n) is 9.96. The predicted octanol–water partition coefficient (Wildman–Crippen LogP) is 3.57. The summed E-state index contributed by atoms with van der Waals surface area (Å²) in [4.78, 5) is 45.1. The van der Waals surface area contributed by atoms with Crippen molar-refractivity contribution < 1.29 is 14.4 Å². The molecule has 2 aliphatic rings. The second-order valence-corrected chi connectivity index (χ2v) is 9.96. The number of aryl methyl sites for hydroxylation is 1. The second kappa shape index (κ2) is 9.45. The third-order valence-electron chi connectivity index (χ3n) is 7.84. The van der Waals surface area contributed by atoms with Crippen LogP contribution in [-0.4, -0.2) is 63.5 Å². The largest absolute Gasteiger partial charge is 0.367 e. The molecule has 0 radical (unpaired) electrons. The number of carbonyl (C=O) groups excluding carboxylic acids is 3. The molecule has 1 saturated heterocycles. The van der Waals surface area contributed by atoms with Crippen LogP contribution in [0.5, 0.6) is 0 Å². The van der Waals surface area contributed by atoms with Crippen molar-refractivity contribution >= 4 is 34.2 Å². The number of nitrogens with zero attached hydrogens (tertiary/aromatic N) is 5. The molecule has 2 aliphatic heterocycles. The number of hydrogen-bond acceptors (Lipinski definition) is 5. The van der Waals surface area contributed by atoms with Crippen molar-refractivity contribution in [1.29, 1.82) is 0 Å². The van der Waals surface area contributed by atoms with Crippen LogP contribution in [0.2, 0.25) is 0 Å². The summed E-state index contributed by atoms with van der Waals surface area (Å²) in [7, 11) is 1.84. The highest BCUT2D eigenvalue weighted by atomic mass is 16.2. The number of fused-ring (bicyclic) bond motifs is 2. The third kappa shape index (κ3) is 4.02. The van der Waals surface area contributed by atoms with E-state index in [0.717, 1.165) is 33.3 Å². The fraction of sp³-hybridized carbons (Fsp3) is 0.267. The molecule has 3 amide bonds. The fourth-order valence-electron chi connectivity index (χ4n) is 5.51. The highest BCUT2D eigenvalue weighted by Crippen LogP contribution is 2.33. The van der Waals surface area contributed by atoms with Crippen molar-refractivity contribution in [3.63, 3.8) is 0 Å². The Bertz CT molecular complexity index is 1580. The summed E-state index contributed by atoms with van der Waals surface area (Å²) in [5.41, 5.74) is 4.45. The van der Waals surface area contributed by atoms with E-state index in [2.05, 4.69) is 28.2 Å². The Kier molecular flexibility index (Phi) is 5.94. The maximum atomic E-state index is 13.5. The van der Waals surface area contributed by atoms with Crippen LogP contribution in [0.3, 0.4) is 0 Å². The molecule has 6 rings (SSSR count). The Morgan fingerprint density at radius 1 is 0.868 bits per heavy atom. The van der Waals surface area contributed by atoms with Gasteiger partial charge in [-0.1, -0.05) is 48.5 Å². The van der Waals surface area contributed by atoms with Gasteiger partial charge in [0.1, 0.15) is 0 Å². The van der Waals surface area contributed by atoms with Crippen LogP contribution < -0.4 is 4.90 Å². The summed E-state index contributed by atoms with van der Waals surface area (Å²) in [6.07, 6.45) is 2.06. The van der Waals surface area contributed by atoms with Gasteiger partial charge in [-0.3, -0.25) is 24.0 Å². The van der Waals surface area contributed by atoms with Crippen molar-refractivity contribution in [2.24, 2.45) is 7.05 Å². The summed E-state index contributed by atoms with van der Waals surface area (Å²) < 4.78 is 1.74. The molecule has 0 atom stereocenters. The number of piperazine rings is 1. The lowest BCUT2D eigenvalue weighted by Crippen LogP contribution is -2.49. The molecular weight excluding hydrogens is 478 g/mol. The summed E-state index contributed by atoms with van der Waals surface area (Å²) in [6.45, 7) is 4.44. The molecule has 192 valence electrons. The average molecular weight is 508 g/mol. The van der Waals surface area contributed by atoms with Crippen molar-refractivity contribution in [3.05, 3.63) is 94.8 Å². The molecular formula is C30H29N5O3. The molecule has 38 heavy (non-hydrogen) atoms. The van der Waals surface area contributed by atoms with Crippen LogP contribution in [0.25, 0.3) is 10.8 Å². The Hall–Kier alpha value is -4.46. The zero-order valence-electron chi connectivity index (χ0n) is 21.6. The van der Waals surface area contributed by atoms with Crippen LogP contribution in [0.15, 0.2) is 66.9 Å². The van der Waals surface area contributed by atoms with E-state index in [1.165, 1.54) is 4.90 Å². The monoisotopic (exact) mass is 507 g/mol. The molecule has 3 aromatic carbocycles. The first-order valence-electron chi connectivity index (χ1n) is 12.9. The lowest BCUT2D eigenvalue weighted by atomic mass is 10.0. The number of rotatable bonds is 5. The van der Waals surface area contributed by atoms with Crippen molar-refractivity contribution in [2.45, 2.75) is 19.9 Å². The van der Waals surface area contributed by atoms with Gasteiger partial charge >= 0.3 is 0 Å². The van der Waals surface area contributed by atoms with Gasteiger partial charge in [0, 0.05) is 44.5 Å². The van der Waals surface area contributed by atoms with Gasteiger partial charge in [0.15, 0.2) is 0 Å². The smallest absolute Gasteiger partial charge is 0.263 e. The topological polar surface area (TPSA) is 78.8 Å². The fourth-order valence-corrected chi connectivity index (χ4v) is 5.51. The molecule has 0 N–H and O–H groups in total. The third-order valence-corrected chi connectivity index (χ3v) is 7.84. The molecule has 0 saturated carbocycles. The molecule has 1 fully saturated rings. The predicted molar refractivity (Wildman–Crippen MR) is 145 cm³/mol. The number of carbonyl (C=O) groups is 3. The first kappa shape index (κ1) is 23.9. The van der Waals surface area contributed by atoms with E-state index >= 15 is 0 Å². The molecule has 0 spiro atoms. The van der Waals surface area contributed by atoms with Gasteiger partial charge in [-0.05, 0) is 35.4 Å². The Balaban J connectivity index is 1.16. The number of benzene rings is 3. The van der Waals surface area contributed by atoms with Gasteiger partial charge < -0.3 is 9.80 Å². The molecule has 8 nitrogen and oxygen atoms in total. The van der Waals surface area contributed by atoms with E-state index in [1.54, 1.807) is 16.9 Å². The zero-order valence-corrected chi connectivity index (χ0v) is 21.6. The van der Waals surface area contributed by atoms with Gasteiger partial charge in [0.25, 0.3) is 11.8 Å². The van der Waals surface area contributed by atoms with Crippen LogP contribution >= 0.6 is 0 Å². The van der Waals surface area contributed by atoms with E-state index in [0.29, 0.717) is 43.7 Å². The zero-order chi connectivity index (χ0) is 26.4. The van der Waals surface area contributed by atoms with Gasteiger partial charge in [0.05, 0.1) is 36.0 Å². The molecule has 8 heteroatoms. The van der Waals surface area contributed by atoms with Crippen molar-refractivity contribution in [2.75, 3.05) is 31.1 Å². The average Bonchev–Trinajstić information content (AvgIpc) is 3.39. The highest BCUT2D eigenvalue weighted by Gasteiger charge is 2.39. The number of imide groups is 1. The number of hydrogen-bond donors (Lipinski definition) is 0.